The number of hydrogen-bond donors (Lipinski definition) is 2. The van der Waals surface area contributed by atoms with Gasteiger partial charge in [-0.15, -0.1) is 0 Å². The fourth-order valence-corrected chi connectivity index (χ4v) is 6.95. The number of aromatic nitrogens is 3. The number of oxazole rings is 1. The summed E-state index contributed by atoms with van der Waals surface area (Å²) >= 11 is 0. The Hall–Kier alpha value is -5.31. The number of benzene rings is 3. The van der Waals surface area contributed by atoms with Crippen LogP contribution in [0.25, 0.3) is 33.7 Å². The van der Waals surface area contributed by atoms with E-state index in [9.17, 15) is 20.0 Å². The molecular formula is C37H36N6O5. The Balaban J connectivity index is 1.16. The smallest absolute Gasteiger partial charge is 0.310 e. The zero-order chi connectivity index (χ0) is 33.5. The van der Waals surface area contributed by atoms with Gasteiger partial charge in [-0.3, -0.25) is 19.2 Å². The molecule has 2 aromatic heterocycles. The number of methoxy groups -OCH3 is 1. The fourth-order valence-electron chi connectivity index (χ4n) is 6.95. The molecule has 11 nitrogen and oxygen atoms in total. The molecule has 5 aromatic rings. The molecule has 3 aromatic carbocycles. The number of aliphatic hydroxyl groups excluding tert-OH is 1. The second-order valence-corrected chi connectivity index (χ2v) is 12.6. The van der Waals surface area contributed by atoms with Crippen LogP contribution in [0.2, 0.25) is 0 Å². The number of rotatable bonds is 7. The molecule has 0 radical (unpaired) electrons. The van der Waals surface area contributed by atoms with Crippen molar-refractivity contribution in [1.82, 2.24) is 19.7 Å². The molecule has 2 atom stereocenters. The quantitative estimate of drug-likeness (QED) is 0.206. The number of nitrogens with zero attached hydrogens (tertiary/aromatic N) is 5. The minimum absolute atomic E-state index is 0.138. The van der Waals surface area contributed by atoms with E-state index in [2.05, 4.69) is 21.4 Å². The molecule has 4 heterocycles. The van der Waals surface area contributed by atoms with Crippen LogP contribution < -0.4 is 5.32 Å². The highest BCUT2D eigenvalue weighted by Crippen LogP contribution is 2.37. The molecule has 2 aliphatic heterocycles. The lowest BCUT2D eigenvalue weighted by molar-refractivity contribution is -0.144. The fraction of sp³-hybridized carbons (Fsp3) is 0.324. The number of nitrogens with one attached hydrogen (secondary N) is 1. The van der Waals surface area contributed by atoms with E-state index in [1.54, 1.807) is 10.7 Å². The molecule has 0 spiro atoms. The topological polar surface area (TPSA) is 147 Å². The predicted octanol–water partition coefficient (Wildman–Crippen LogP) is 5.92. The molecule has 1 saturated heterocycles. The van der Waals surface area contributed by atoms with Gasteiger partial charge in [-0.2, -0.15) is 10.4 Å². The normalized spacial score (nSPS) is 17.6. The lowest BCUT2D eigenvalue weighted by Crippen LogP contribution is -2.23. The van der Waals surface area contributed by atoms with Crippen LogP contribution in [-0.2, 0) is 22.6 Å². The van der Waals surface area contributed by atoms with Crippen LogP contribution in [0.1, 0.15) is 63.8 Å². The number of fused-ring (bicyclic) bond motifs is 2. The average Bonchev–Trinajstić information content (AvgIpc) is 3.84. The van der Waals surface area contributed by atoms with Gasteiger partial charge in [-0.05, 0) is 97.8 Å². The maximum absolute atomic E-state index is 13.2. The molecule has 11 heteroatoms. The van der Waals surface area contributed by atoms with Gasteiger partial charge in [0.2, 0.25) is 5.89 Å². The SMILES string of the molecule is COC(=O)[C@@H]1CCN(Cc2cc(C#N)c3oc(-c4cccc(-c5cccc(NC(=O)c6cc7n(n6)CCCC7O)c5C)c4C)nc3c2)C1. The van der Waals surface area contributed by atoms with Crippen molar-refractivity contribution < 1.29 is 23.8 Å². The van der Waals surface area contributed by atoms with E-state index in [1.165, 1.54) is 7.11 Å². The number of carbonyl (C=O) groups excluding carboxylic acids is 2. The van der Waals surface area contributed by atoms with Crippen molar-refractivity contribution in [2.24, 2.45) is 5.92 Å². The van der Waals surface area contributed by atoms with E-state index in [0.29, 0.717) is 60.0 Å². The second kappa shape index (κ2) is 12.7. The van der Waals surface area contributed by atoms with Gasteiger partial charge in [0.1, 0.15) is 11.6 Å². The Morgan fingerprint density at radius 3 is 2.60 bits per heavy atom. The largest absolute Gasteiger partial charge is 0.469 e. The molecule has 2 N–H and O–H groups in total. The van der Waals surface area contributed by atoms with Crippen molar-refractivity contribution in [2.45, 2.75) is 52.3 Å². The molecule has 0 aliphatic carbocycles. The number of anilines is 1. The standard InChI is InChI=1S/C37H36N6O5/c1-21-26(27-8-5-10-29(22(27)2)39-35(45)31-17-32-33(44)11-6-13-43(32)41-31)7-4-9-28(21)36-40-30-16-23(15-25(18-38)34(30)48-36)19-42-14-12-24(20-42)37(46)47-3/h4-5,7-10,15-17,24,33,44H,6,11-14,19-20H2,1-3H3,(H,39,45)/t24-,33?/m1/s1. The van der Waals surface area contributed by atoms with Gasteiger partial charge in [0, 0.05) is 30.9 Å². The van der Waals surface area contributed by atoms with Crippen LogP contribution in [0.4, 0.5) is 5.69 Å². The second-order valence-electron chi connectivity index (χ2n) is 12.6. The van der Waals surface area contributed by atoms with Crippen LogP contribution >= 0.6 is 0 Å². The third-order valence-corrected chi connectivity index (χ3v) is 9.55. The Morgan fingerprint density at radius 2 is 1.83 bits per heavy atom. The Bertz CT molecular complexity index is 2110. The third kappa shape index (κ3) is 5.74. The maximum atomic E-state index is 13.2. The molecule has 48 heavy (non-hydrogen) atoms. The van der Waals surface area contributed by atoms with Crippen LogP contribution in [0, 0.1) is 31.1 Å². The highest BCUT2D eigenvalue weighted by atomic mass is 16.5. The van der Waals surface area contributed by atoms with E-state index in [1.807, 2.05) is 62.4 Å². The van der Waals surface area contributed by atoms with Crippen molar-refractivity contribution in [2.75, 3.05) is 25.5 Å². The number of ether oxygens (including phenoxy) is 1. The summed E-state index contributed by atoms with van der Waals surface area (Å²) < 4.78 is 12.9. The first-order valence-corrected chi connectivity index (χ1v) is 16.1. The highest BCUT2D eigenvalue weighted by molar-refractivity contribution is 6.04. The summed E-state index contributed by atoms with van der Waals surface area (Å²) in [5.74, 6) is -0.245. The van der Waals surface area contributed by atoms with Gasteiger partial charge in [0.05, 0.1) is 30.4 Å². The molecule has 2 aliphatic rings. The summed E-state index contributed by atoms with van der Waals surface area (Å²) in [4.78, 5) is 32.2. The first-order valence-electron chi connectivity index (χ1n) is 16.1. The van der Waals surface area contributed by atoms with Crippen LogP contribution in [-0.4, -0.2) is 56.8 Å². The molecule has 244 valence electrons. The lowest BCUT2D eigenvalue weighted by Gasteiger charge is -2.18. The van der Waals surface area contributed by atoms with Crippen molar-refractivity contribution in [3.05, 3.63) is 88.2 Å². The first kappa shape index (κ1) is 31.3. The Morgan fingerprint density at radius 1 is 1.06 bits per heavy atom. The van der Waals surface area contributed by atoms with E-state index in [0.717, 1.165) is 52.8 Å². The monoisotopic (exact) mass is 644 g/mol. The summed E-state index contributed by atoms with van der Waals surface area (Å²) in [5.41, 5.74) is 8.50. The summed E-state index contributed by atoms with van der Waals surface area (Å²) in [6, 6.07) is 19.4. The van der Waals surface area contributed by atoms with E-state index >= 15 is 0 Å². The summed E-state index contributed by atoms with van der Waals surface area (Å²) in [6.45, 7) is 6.63. The summed E-state index contributed by atoms with van der Waals surface area (Å²) in [5, 5.41) is 27.7. The van der Waals surface area contributed by atoms with Crippen LogP contribution in [0.5, 0.6) is 0 Å². The summed E-state index contributed by atoms with van der Waals surface area (Å²) in [6.07, 6.45) is 1.62. The minimum Gasteiger partial charge on any atom is -0.469 e. The molecule has 1 fully saturated rings. The van der Waals surface area contributed by atoms with Gasteiger partial charge in [0.25, 0.3) is 5.91 Å². The van der Waals surface area contributed by atoms with Crippen molar-refractivity contribution in [3.63, 3.8) is 0 Å². The van der Waals surface area contributed by atoms with Gasteiger partial charge in [-0.25, -0.2) is 4.98 Å². The number of aliphatic hydroxyl groups is 1. The number of aryl methyl sites for hydroxylation is 1. The molecule has 7 rings (SSSR count). The van der Waals surface area contributed by atoms with E-state index in [-0.39, 0.29) is 23.5 Å². The number of nitriles is 1. The average molecular weight is 645 g/mol. The molecule has 0 bridgehead atoms. The summed E-state index contributed by atoms with van der Waals surface area (Å²) in [7, 11) is 1.41. The number of esters is 1. The molecule has 1 amide bonds. The molecule has 0 saturated carbocycles. The number of amides is 1. The van der Waals surface area contributed by atoms with Crippen LogP contribution in [0.15, 0.2) is 59.0 Å². The number of hydrogen-bond acceptors (Lipinski definition) is 9. The van der Waals surface area contributed by atoms with Gasteiger partial charge < -0.3 is 19.6 Å². The molecular weight excluding hydrogens is 608 g/mol. The third-order valence-electron chi connectivity index (χ3n) is 9.55. The molecule has 1 unspecified atom stereocenters. The lowest BCUT2D eigenvalue weighted by atomic mass is 9.93. The Labute approximate surface area is 277 Å². The van der Waals surface area contributed by atoms with Crippen molar-refractivity contribution in [3.8, 4) is 28.7 Å². The van der Waals surface area contributed by atoms with Gasteiger partial charge in [0.15, 0.2) is 11.3 Å². The van der Waals surface area contributed by atoms with Crippen molar-refractivity contribution in [1.29, 1.82) is 5.26 Å². The highest BCUT2D eigenvalue weighted by Gasteiger charge is 2.29. The minimum atomic E-state index is -0.611. The first-order chi connectivity index (χ1) is 23.2. The zero-order valence-corrected chi connectivity index (χ0v) is 27.1. The number of likely N-dealkylation sites (tertiary alicyclic amines) is 1. The van der Waals surface area contributed by atoms with E-state index < -0.39 is 6.10 Å². The number of carbonyl (C=O) groups is 2. The van der Waals surface area contributed by atoms with Crippen LogP contribution in [0.3, 0.4) is 0 Å². The van der Waals surface area contributed by atoms with Crippen molar-refractivity contribution >= 4 is 28.7 Å². The van der Waals surface area contributed by atoms with Gasteiger partial charge in [-0.1, -0.05) is 24.3 Å². The van der Waals surface area contributed by atoms with Gasteiger partial charge >= 0.3 is 5.97 Å². The zero-order valence-electron chi connectivity index (χ0n) is 27.1. The Kier molecular flexibility index (Phi) is 8.29. The predicted molar refractivity (Wildman–Crippen MR) is 179 cm³/mol. The van der Waals surface area contributed by atoms with E-state index in [4.69, 9.17) is 14.1 Å². The maximum Gasteiger partial charge on any atom is 0.310 e.